The van der Waals surface area contributed by atoms with Gasteiger partial charge in [0.05, 0.1) is 34.9 Å². The Hall–Kier alpha value is -2.30. The van der Waals surface area contributed by atoms with Crippen LogP contribution >= 0.6 is 28.4 Å². The van der Waals surface area contributed by atoms with E-state index in [1.165, 1.54) is 12.0 Å². The van der Waals surface area contributed by atoms with Gasteiger partial charge >= 0.3 is 0 Å². The van der Waals surface area contributed by atoms with Gasteiger partial charge in [-0.1, -0.05) is 11.6 Å². The second-order valence-electron chi connectivity index (χ2n) is 7.21. The van der Waals surface area contributed by atoms with Crippen LogP contribution in [0.2, 0.25) is 0 Å². The molecule has 0 radical (unpaired) electrons. The number of hydrogen-bond acceptors (Lipinski definition) is 3. The summed E-state index contributed by atoms with van der Waals surface area (Å²) in [4.78, 5) is 4.36. The summed E-state index contributed by atoms with van der Waals surface area (Å²) in [5.74, 6) is -0.280. The molecule has 3 aromatic heterocycles. The number of nitriles is 1. The Morgan fingerprint density at radius 3 is 2.79 bits per heavy atom. The molecule has 1 saturated carbocycles. The Morgan fingerprint density at radius 1 is 1.28 bits per heavy atom. The number of fused-ring (bicyclic) bond motifs is 2. The zero-order chi connectivity index (χ0) is 20.1. The van der Waals surface area contributed by atoms with Crippen molar-refractivity contribution in [3.05, 3.63) is 58.9 Å². The first-order valence-electron chi connectivity index (χ1n) is 9.25. The number of rotatable bonds is 3. The molecule has 0 spiro atoms. The maximum absolute atomic E-state index is 14.9. The molecule has 1 aliphatic rings. The van der Waals surface area contributed by atoms with E-state index in [-0.39, 0.29) is 5.82 Å². The lowest BCUT2D eigenvalue weighted by molar-refractivity contribution is 0.619. The molecular formula is C21H16FIN5P. The quantitative estimate of drug-likeness (QED) is 0.247. The molecule has 1 fully saturated rings. The predicted octanol–water partition coefficient (Wildman–Crippen LogP) is 6.05. The predicted molar refractivity (Wildman–Crippen MR) is 123 cm³/mol. The number of aromatic nitrogens is 4. The van der Waals surface area contributed by atoms with Crippen molar-refractivity contribution in [3.63, 3.8) is 0 Å². The first-order valence-corrected chi connectivity index (χ1v) is 13.3. The summed E-state index contributed by atoms with van der Waals surface area (Å²) < 4.78 is 18.7. The third-order valence-corrected chi connectivity index (χ3v) is 7.46. The molecule has 5 rings (SSSR count). The van der Waals surface area contributed by atoms with E-state index < -0.39 is 0 Å². The summed E-state index contributed by atoms with van der Waals surface area (Å²) in [6.07, 6.45) is 13.0. The van der Waals surface area contributed by atoms with E-state index in [1.54, 1.807) is 36.0 Å². The van der Waals surface area contributed by atoms with Crippen LogP contribution in [-0.4, -0.2) is 19.1 Å². The van der Waals surface area contributed by atoms with Crippen molar-refractivity contribution < 1.29 is 4.39 Å². The monoisotopic (exact) mass is 515 g/mol. The molecule has 1 atom stereocenters. The van der Waals surface area contributed by atoms with Crippen molar-refractivity contribution in [2.45, 2.75) is 26.2 Å². The molecule has 1 aliphatic carbocycles. The summed E-state index contributed by atoms with van der Waals surface area (Å²) in [5, 5.41) is 15.8. The van der Waals surface area contributed by atoms with Gasteiger partial charge in [-0.2, -0.15) is 10.4 Å². The molecule has 0 bridgehead atoms. The Balaban J connectivity index is 1.90. The van der Waals surface area contributed by atoms with E-state index in [1.807, 2.05) is 10.8 Å². The first-order chi connectivity index (χ1) is 14.1. The smallest absolute Gasteiger partial charge is 0.130 e. The van der Waals surface area contributed by atoms with Crippen LogP contribution < -0.4 is 0 Å². The fourth-order valence-electron chi connectivity index (χ4n) is 3.92. The molecule has 1 unspecified atom stereocenters. The van der Waals surface area contributed by atoms with Gasteiger partial charge in [0.1, 0.15) is 11.9 Å². The number of allylic oxidation sites excluding steroid dienone is 1. The van der Waals surface area contributed by atoms with Crippen LogP contribution in [0.4, 0.5) is 4.39 Å². The highest BCUT2D eigenvalue weighted by Crippen LogP contribution is 2.37. The van der Waals surface area contributed by atoms with Gasteiger partial charge in [-0.3, -0.25) is 4.98 Å². The summed E-state index contributed by atoms with van der Waals surface area (Å²) in [6.45, 7) is 1.77. The van der Waals surface area contributed by atoms with Gasteiger partial charge in [0.15, 0.2) is 0 Å². The summed E-state index contributed by atoms with van der Waals surface area (Å²) in [6, 6.07) is 3.82. The molecule has 0 saturated heterocycles. The Morgan fingerprint density at radius 2 is 2.10 bits per heavy atom. The summed E-state index contributed by atoms with van der Waals surface area (Å²) in [5.41, 5.74) is 5.77. The molecule has 29 heavy (non-hydrogen) atoms. The fourth-order valence-corrected chi connectivity index (χ4v) is 5.45. The standard InChI is InChI=1S/C21H16FIN5P/c1-12-18(22)6-19-17(10-26-28(19)29-23)20(12)27-11-15(7-24)16-9-25-8-14(21(16)27)5-13-3-2-4-13/h5-6,8-11,29H,2-4H2,1H3. The van der Waals surface area contributed by atoms with Crippen molar-refractivity contribution in [2.24, 2.45) is 0 Å². The number of pyridine rings is 1. The average Bonchev–Trinajstić information content (AvgIpc) is 3.27. The average molecular weight is 515 g/mol. The summed E-state index contributed by atoms with van der Waals surface area (Å²) >= 11 is 2.24. The van der Waals surface area contributed by atoms with Crippen LogP contribution in [0, 0.1) is 24.1 Å². The van der Waals surface area contributed by atoms with Crippen LogP contribution in [0.1, 0.15) is 36.0 Å². The van der Waals surface area contributed by atoms with E-state index >= 15 is 0 Å². The van der Waals surface area contributed by atoms with Gasteiger partial charge < -0.3 is 4.57 Å². The third kappa shape index (κ3) is 2.89. The second-order valence-corrected chi connectivity index (χ2v) is 9.25. The van der Waals surface area contributed by atoms with E-state index in [2.05, 4.69) is 44.3 Å². The highest BCUT2D eigenvalue weighted by molar-refractivity contribution is 14.2. The highest BCUT2D eigenvalue weighted by Gasteiger charge is 2.21. The largest absolute Gasteiger partial charge is 0.313 e. The van der Waals surface area contributed by atoms with Crippen LogP contribution in [0.3, 0.4) is 0 Å². The number of halogens is 2. The van der Waals surface area contributed by atoms with Crippen LogP contribution in [0.25, 0.3) is 33.6 Å². The maximum atomic E-state index is 14.9. The molecule has 8 heteroatoms. The van der Waals surface area contributed by atoms with Crippen LogP contribution in [-0.2, 0) is 0 Å². The SMILES string of the molecule is Cc1c(F)cc2c(cnn2PI)c1-n1cc(C#N)c2cncc(C=C3CCC3)c21. The van der Waals surface area contributed by atoms with Crippen LogP contribution in [0.5, 0.6) is 0 Å². The lowest BCUT2D eigenvalue weighted by Gasteiger charge is -2.17. The van der Waals surface area contributed by atoms with Crippen LogP contribution in [0.15, 0.2) is 36.4 Å². The lowest BCUT2D eigenvalue weighted by atomic mass is 9.91. The van der Waals surface area contributed by atoms with E-state index in [0.29, 0.717) is 17.5 Å². The highest BCUT2D eigenvalue weighted by atomic mass is 127. The minimum atomic E-state index is -0.280. The van der Waals surface area contributed by atoms with E-state index in [0.717, 1.165) is 45.9 Å². The third-order valence-electron chi connectivity index (χ3n) is 5.57. The van der Waals surface area contributed by atoms with Gasteiger partial charge in [-0.15, -0.1) is 0 Å². The van der Waals surface area contributed by atoms with Gasteiger partial charge in [0.2, 0.25) is 0 Å². The van der Waals surface area contributed by atoms with Crippen molar-refractivity contribution >= 4 is 56.3 Å². The normalized spacial score (nSPS) is 14.1. The fraction of sp³-hybridized carbons (Fsp3) is 0.190. The first kappa shape index (κ1) is 18.7. The van der Waals surface area contributed by atoms with E-state index in [9.17, 15) is 9.65 Å². The molecule has 0 N–H and O–H groups in total. The van der Waals surface area contributed by atoms with Gasteiger partial charge in [-0.05, 0) is 48.2 Å². The topological polar surface area (TPSA) is 59.4 Å². The van der Waals surface area contributed by atoms with Crippen molar-refractivity contribution in [2.75, 3.05) is 0 Å². The number of hydrogen-bond donors (Lipinski definition) is 0. The van der Waals surface area contributed by atoms with Gasteiger partial charge in [-0.25, -0.2) is 8.84 Å². The molecule has 3 heterocycles. The van der Waals surface area contributed by atoms with Gasteiger partial charge in [0, 0.05) is 46.6 Å². The summed E-state index contributed by atoms with van der Waals surface area (Å²) in [7, 11) is 0. The van der Waals surface area contributed by atoms with Crippen molar-refractivity contribution in [1.82, 2.24) is 19.1 Å². The molecule has 1 aromatic carbocycles. The lowest BCUT2D eigenvalue weighted by Crippen LogP contribution is -2.02. The van der Waals surface area contributed by atoms with Crippen molar-refractivity contribution in [1.29, 1.82) is 5.26 Å². The molecule has 5 nitrogen and oxygen atoms in total. The molecule has 4 aromatic rings. The number of benzene rings is 1. The van der Waals surface area contributed by atoms with E-state index in [4.69, 9.17) is 0 Å². The Bertz CT molecular complexity index is 1360. The zero-order valence-electron chi connectivity index (χ0n) is 15.6. The Labute approximate surface area is 181 Å². The van der Waals surface area contributed by atoms with Gasteiger partial charge in [0.25, 0.3) is 0 Å². The molecular weight excluding hydrogens is 499 g/mol. The minimum Gasteiger partial charge on any atom is -0.313 e. The maximum Gasteiger partial charge on any atom is 0.130 e. The molecule has 144 valence electrons. The number of nitrogens with zero attached hydrogens (tertiary/aromatic N) is 5. The second kappa shape index (κ2) is 7.19. The van der Waals surface area contributed by atoms with Crippen molar-refractivity contribution in [3.8, 4) is 11.8 Å². The molecule has 0 amide bonds. The zero-order valence-corrected chi connectivity index (χ0v) is 18.7. The Kier molecular flexibility index (Phi) is 4.64. The minimum absolute atomic E-state index is 0.280. The molecule has 0 aliphatic heterocycles.